The second-order valence-corrected chi connectivity index (χ2v) is 7.87. The summed E-state index contributed by atoms with van der Waals surface area (Å²) in [7, 11) is 2.94. The van der Waals surface area contributed by atoms with Crippen molar-refractivity contribution in [1.29, 1.82) is 0 Å². The number of esters is 1. The number of aromatic nitrogens is 1. The summed E-state index contributed by atoms with van der Waals surface area (Å²) in [6, 6.07) is 12.2. The predicted octanol–water partition coefficient (Wildman–Crippen LogP) is 4.50. The third-order valence-corrected chi connectivity index (χ3v) is 6.20. The molecule has 32 heavy (non-hydrogen) atoms. The Bertz CT molecular complexity index is 1050. The molecule has 2 aromatic carbocycles. The number of carbonyl (C=O) groups excluding carboxylic acids is 2. The number of ether oxygens (including phenoxy) is 2. The number of benzene rings is 2. The Balaban J connectivity index is 0.00000363. The molecule has 1 aromatic heterocycles. The molecule has 172 valence electrons. The minimum absolute atomic E-state index is 0. The highest BCUT2D eigenvalue weighted by Gasteiger charge is 2.23. The summed E-state index contributed by atoms with van der Waals surface area (Å²) in [5.41, 5.74) is 1.63. The molecule has 3 aromatic rings. The van der Waals surface area contributed by atoms with Gasteiger partial charge < -0.3 is 14.4 Å². The molecule has 0 aliphatic heterocycles. The van der Waals surface area contributed by atoms with E-state index >= 15 is 0 Å². The standard InChI is InChI=1S/C23H27N3O4S.ClH/c1-5-25(6-2)14-15-26(21(27)16-10-12-17(13-11-16)22(28)30-4)23-24-20-18(29-3)8-7-9-19(20)31-23;/h7-13H,5-6,14-15H2,1-4H3;1H. The predicted molar refractivity (Wildman–Crippen MR) is 131 cm³/mol. The van der Waals surface area contributed by atoms with Gasteiger partial charge in [0.25, 0.3) is 5.91 Å². The van der Waals surface area contributed by atoms with Crippen LogP contribution >= 0.6 is 23.7 Å². The van der Waals surface area contributed by atoms with Crippen LogP contribution in [0.5, 0.6) is 5.75 Å². The van der Waals surface area contributed by atoms with Crippen molar-refractivity contribution in [3.63, 3.8) is 0 Å². The highest BCUT2D eigenvalue weighted by molar-refractivity contribution is 7.22. The quantitative estimate of drug-likeness (QED) is 0.422. The molecular formula is C23H28ClN3O4S. The van der Waals surface area contributed by atoms with Crippen LogP contribution in [0.3, 0.4) is 0 Å². The number of thiazole rings is 1. The second kappa shape index (κ2) is 11.8. The molecule has 0 unspecified atom stereocenters. The average Bonchev–Trinajstić information content (AvgIpc) is 3.25. The van der Waals surface area contributed by atoms with Gasteiger partial charge in [-0.3, -0.25) is 9.69 Å². The Kier molecular flexibility index (Phi) is 9.43. The Morgan fingerprint density at radius 2 is 1.62 bits per heavy atom. The third kappa shape index (κ3) is 5.56. The second-order valence-electron chi connectivity index (χ2n) is 6.86. The zero-order valence-electron chi connectivity index (χ0n) is 18.7. The molecule has 0 bridgehead atoms. The lowest BCUT2D eigenvalue weighted by Crippen LogP contribution is -2.38. The molecule has 1 amide bonds. The Labute approximate surface area is 198 Å². The summed E-state index contributed by atoms with van der Waals surface area (Å²) >= 11 is 1.46. The van der Waals surface area contributed by atoms with Gasteiger partial charge >= 0.3 is 5.97 Å². The van der Waals surface area contributed by atoms with Gasteiger partial charge in [-0.25, -0.2) is 9.78 Å². The van der Waals surface area contributed by atoms with Crippen LogP contribution in [0.1, 0.15) is 34.6 Å². The first-order valence-electron chi connectivity index (χ1n) is 10.2. The minimum Gasteiger partial charge on any atom is -0.494 e. The first-order chi connectivity index (χ1) is 15.0. The fourth-order valence-electron chi connectivity index (χ4n) is 3.28. The van der Waals surface area contributed by atoms with Crippen molar-refractivity contribution in [2.45, 2.75) is 13.8 Å². The number of fused-ring (bicyclic) bond motifs is 1. The number of carbonyl (C=O) groups is 2. The molecule has 0 radical (unpaired) electrons. The lowest BCUT2D eigenvalue weighted by molar-refractivity contribution is 0.0600. The highest BCUT2D eigenvalue weighted by Crippen LogP contribution is 2.34. The number of rotatable bonds is 9. The van der Waals surface area contributed by atoms with Crippen molar-refractivity contribution in [1.82, 2.24) is 9.88 Å². The van der Waals surface area contributed by atoms with Gasteiger partial charge in [0.2, 0.25) is 0 Å². The van der Waals surface area contributed by atoms with Crippen molar-refractivity contribution in [2.24, 2.45) is 0 Å². The summed E-state index contributed by atoms with van der Waals surface area (Å²) in [5, 5.41) is 0.619. The van der Waals surface area contributed by atoms with Gasteiger partial charge in [0.05, 0.1) is 24.5 Å². The molecule has 0 N–H and O–H groups in total. The van der Waals surface area contributed by atoms with E-state index in [0.29, 0.717) is 28.6 Å². The van der Waals surface area contributed by atoms with E-state index in [1.807, 2.05) is 18.2 Å². The van der Waals surface area contributed by atoms with Crippen LogP contribution < -0.4 is 9.64 Å². The van der Waals surface area contributed by atoms with Crippen molar-refractivity contribution in [2.75, 3.05) is 45.3 Å². The van der Waals surface area contributed by atoms with Crippen molar-refractivity contribution < 1.29 is 19.1 Å². The van der Waals surface area contributed by atoms with Gasteiger partial charge in [-0.1, -0.05) is 31.3 Å². The molecule has 0 spiro atoms. The summed E-state index contributed by atoms with van der Waals surface area (Å²) in [6.07, 6.45) is 0. The van der Waals surface area contributed by atoms with E-state index < -0.39 is 5.97 Å². The highest BCUT2D eigenvalue weighted by atomic mass is 35.5. The number of likely N-dealkylation sites (N-methyl/N-ethyl adjacent to an activating group) is 1. The SMILES string of the molecule is CCN(CC)CCN(C(=O)c1ccc(C(=O)OC)cc1)c1nc2c(OC)cccc2s1.Cl. The lowest BCUT2D eigenvalue weighted by Gasteiger charge is -2.24. The molecule has 7 nitrogen and oxygen atoms in total. The molecule has 0 saturated heterocycles. The molecule has 0 atom stereocenters. The molecule has 3 rings (SSSR count). The number of methoxy groups -OCH3 is 2. The Hall–Kier alpha value is -2.68. The Morgan fingerprint density at radius 3 is 2.22 bits per heavy atom. The van der Waals surface area contributed by atoms with Crippen LogP contribution in [0.2, 0.25) is 0 Å². The van der Waals surface area contributed by atoms with Crippen molar-refractivity contribution in [3.05, 3.63) is 53.6 Å². The maximum atomic E-state index is 13.4. The monoisotopic (exact) mass is 477 g/mol. The molecule has 0 fully saturated rings. The summed E-state index contributed by atoms with van der Waals surface area (Å²) < 4.78 is 11.1. The van der Waals surface area contributed by atoms with E-state index in [9.17, 15) is 9.59 Å². The van der Waals surface area contributed by atoms with Crippen LogP contribution in [-0.2, 0) is 4.74 Å². The molecule has 1 heterocycles. The topological polar surface area (TPSA) is 72.0 Å². The first kappa shape index (κ1) is 25.6. The molecule has 0 saturated carbocycles. The van der Waals surface area contributed by atoms with Crippen LogP contribution in [0, 0.1) is 0 Å². The number of anilines is 1. The minimum atomic E-state index is -0.435. The van der Waals surface area contributed by atoms with E-state index in [1.165, 1.54) is 18.4 Å². The molecule has 0 aliphatic carbocycles. The third-order valence-electron chi connectivity index (χ3n) is 5.15. The number of nitrogens with zero attached hydrogens (tertiary/aromatic N) is 3. The smallest absolute Gasteiger partial charge is 0.337 e. The van der Waals surface area contributed by atoms with E-state index in [4.69, 9.17) is 14.5 Å². The molecule has 9 heteroatoms. The molecule has 0 aliphatic rings. The fraction of sp³-hybridized carbons (Fsp3) is 0.348. The summed E-state index contributed by atoms with van der Waals surface area (Å²) in [6.45, 7) is 7.24. The van der Waals surface area contributed by atoms with Crippen LogP contribution in [0.25, 0.3) is 10.2 Å². The van der Waals surface area contributed by atoms with Gasteiger partial charge in [0.15, 0.2) is 5.13 Å². The Morgan fingerprint density at radius 1 is 0.969 bits per heavy atom. The number of amides is 1. The summed E-state index contributed by atoms with van der Waals surface area (Å²) in [5.74, 6) is 0.0795. The van der Waals surface area contributed by atoms with Crippen LogP contribution in [0.4, 0.5) is 5.13 Å². The number of hydrogen-bond donors (Lipinski definition) is 0. The van der Waals surface area contributed by atoms with Gasteiger partial charge in [0.1, 0.15) is 11.3 Å². The normalized spacial score (nSPS) is 10.7. The van der Waals surface area contributed by atoms with E-state index in [2.05, 4.69) is 18.7 Å². The lowest BCUT2D eigenvalue weighted by atomic mass is 10.1. The van der Waals surface area contributed by atoms with Crippen molar-refractivity contribution in [3.8, 4) is 5.75 Å². The maximum absolute atomic E-state index is 13.4. The zero-order chi connectivity index (χ0) is 22.4. The zero-order valence-corrected chi connectivity index (χ0v) is 20.3. The number of para-hydroxylation sites is 1. The van der Waals surface area contributed by atoms with Crippen LogP contribution in [0.15, 0.2) is 42.5 Å². The van der Waals surface area contributed by atoms with Gasteiger partial charge in [-0.05, 0) is 49.5 Å². The number of hydrogen-bond acceptors (Lipinski definition) is 7. The van der Waals surface area contributed by atoms with E-state index in [0.717, 1.165) is 29.9 Å². The van der Waals surface area contributed by atoms with Gasteiger partial charge in [-0.2, -0.15) is 0 Å². The largest absolute Gasteiger partial charge is 0.494 e. The van der Waals surface area contributed by atoms with Crippen LogP contribution in [-0.4, -0.2) is 62.2 Å². The fourth-order valence-corrected chi connectivity index (χ4v) is 4.29. The number of halogens is 1. The average molecular weight is 478 g/mol. The first-order valence-corrected chi connectivity index (χ1v) is 11.0. The summed E-state index contributed by atoms with van der Waals surface area (Å²) in [4.78, 5) is 33.8. The van der Waals surface area contributed by atoms with Crippen molar-refractivity contribution >= 4 is 51.0 Å². The molecular weight excluding hydrogens is 450 g/mol. The van der Waals surface area contributed by atoms with Gasteiger partial charge in [0, 0.05) is 18.7 Å². The maximum Gasteiger partial charge on any atom is 0.337 e. The van der Waals surface area contributed by atoms with Gasteiger partial charge in [-0.15, -0.1) is 12.4 Å². The van der Waals surface area contributed by atoms with E-state index in [-0.39, 0.29) is 18.3 Å². The van der Waals surface area contributed by atoms with E-state index in [1.54, 1.807) is 36.3 Å².